The van der Waals surface area contributed by atoms with E-state index in [1.54, 1.807) is 0 Å². The molecule has 0 bridgehead atoms. The fraction of sp³-hybridized carbons (Fsp3) is 0.667. The van der Waals surface area contributed by atoms with Gasteiger partial charge in [0.2, 0.25) is 0 Å². The molecule has 0 saturated heterocycles. The predicted octanol–water partition coefficient (Wildman–Crippen LogP) is 4.78. The lowest BCUT2D eigenvalue weighted by molar-refractivity contribution is 0.443. The van der Waals surface area contributed by atoms with Crippen molar-refractivity contribution in [3.63, 3.8) is 0 Å². The zero-order valence-electron chi connectivity index (χ0n) is 12.4. The first-order valence-electron chi connectivity index (χ1n) is 7.93. The van der Waals surface area contributed by atoms with E-state index in [1.165, 1.54) is 49.7 Å². The van der Waals surface area contributed by atoms with Gasteiger partial charge in [-0.1, -0.05) is 57.4 Å². The Balaban J connectivity index is 1.68. The highest BCUT2D eigenvalue weighted by Crippen LogP contribution is 2.56. The van der Waals surface area contributed by atoms with Gasteiger partial charge in [0.05, 0.1) is 0 Å². The minimum absolute atomic E-state index is 0.232. The molecule has 1 heteroatoms. The maximum Gasteiger partial charge on any atom is 0.0328 e. The van der Waals surface area contributed by atoms with Gasteiger partial charge in [0.25, 0.3) is 0 Å². The van der Waals surface area contributed by atoms with Gasteiger partial charge in [0, 0.05) is 6.04 Å². The molecule has 0 aliphatic heterocycles. The molecule has 0 spiro atoms. The average Bonchev–Trinajstić information content (AvgIpc) is 3.08. The standard InChI is InChI=1S/C18H27N/c1-18(2)12-16(18)17(19)15-10-8-14(9-11-15)13-6-4-3-5-7-13/h8-11,13,16-17H,3-7,12,19H2,1-2H3. The molecule has 2 aliphatic carbocycles. The summed E-state index contributed by atoms with van der Waals surface area (Å²) in [6, 6.07) is 9.46. The van der Waals surface area contributed by atoms with Crippen LogP contribution < -0.4 is 5.73 Å². The van der Waals surface area contributed by atoms with Crippen molar-refractivity contribution in [2.24, 2.45) is 17.1 Å². The molecule has 2 saturated carbocycles. The predicted molar refractivity (Wildman–Crippen MR) is 81.1 cm³/mol. The molecular formula is C18H27N. The maximum atomic E-state index is 6.40. The van der Waals surface area contributed by atoms with Crippen LogP contribution >= 0.6 is 0 Å². The SMILES string of the molecule is CC1(C)CC1C(N)c1ccc(C2CCCCC2)cc1. The van der Waals surface area contributed by atoms with Gasteiger partial charge in [-0.3, -0.25) is 0 Å². The molecule has 0 heterocycles. The maximum absolute atomic E-state index is 6.40. The second kappa shape index (κ2) is 4.94. The van der Waals surface area contributed by atoms with Crippen LogP contribution in [0.4, 0.5) is 0 Å². The lowest BCUT2D eigenvalue weighted by atomic mass is 9.83. The van der Waals surface area contributed by atoms with Crippen LogP contribution in [0.3, 0.4) is 0 Å². The molecule has 1 aromatic carbocycles. The third-order valence-corrected chi connectivity index (χ3v) is 5.42. The van der Waals surface area contributed by atoms with Crippen LogP contribution in [-0.4, -0.2) is 0 Å². The molecule has 0 radical (unpaired) electrons. The molecule has 0 aromatic heterocycles. The monoisotopic (exact) mass is 257 g/mol. The van der Waals surface area contributed by atoms with Crippen molar-refractivity contribution >= 4 is 0 Å². The summed E-state index contributed by atoms with van der Waals surface area (Å²) in [5.41, 5.74) is 9.73. The third-order valence-electron chi connectivity index (χ3n) is 5.42. The molecule has 2 unspecified atom stereocenters. The molecule has 1 nitrogen and oxygen atoms in total. The van der Waals surface area contributed by atoms with Gasteiger partial charge < -0.3 is 5.73 Å². The fourth-order valence-corrected chi connectivity index (χ4v) is 3.78. The number of rotatable bonds is 3. The lowest BCUT2D eigenvalue weighted by Gasteiger charge is -2.22. The minimum Gasteiger partial charge on any atom is -0.324 e. The zero-order valence-corrected chi connectivity index (χ0v) is 12.4. The topological polar surface area (TPSA) is 26.0 Å². The molecule has 104 valence electrons. The summed E-state index contributed by atoms with van der Waals surface area (Å²) in [6.07, 6.45) is 8.27. The zero-order chi connectivity index (χ0) is 13.5. The first-order valence-corrected chi connectivity index (χ1v) is 7.93. The average molecular weight is 257 g/mol. The Morgan fingerprint density at radius 2 is 1.63 bits per heavy atom. The van der Waals surface area contributed by atoms with Crippen molar-refractivity contribution < 1.29 is 0 Å². The Bertz CT molecular complexity index is 426. The second-order valence-electron chi connectivity index (χ2n) is 7.33. The van der Waals surface area contributed by atoms with Gasteiger partial charge in [0.15, 0.2) is 0 Å². The van der Waals surface area contributed by atoms with Crippen LogP contribution in [-0.2, 0) is 0 Å². The van der Waals surface area contributed by atoms with E-state index in [0.717, 1.165) is 5.92 Å². The fourth-order valence-electron chi connectivity index (χ4n) is 3.78. The van der Waals surface area contributed by atoms with Gasteiger partial charge in [-0.2, -0.15) is 0 Å². The van der Waals surface area contributed by atoms with Gasteiger partial charge in [-0.25, -0.2) is 0 Å². The van der Waals surface area contributed by atoms with Crippen molar-refractivity contribution in [2.75, 3.05) is 0 Å². The van der Waals surface area contributed by atoms with Gasteiger partial charge >= 0.3 is 0 Å². The van der Waals surface area contributed by atoms with E-state index in [1.807, 2.05) is 0 Å². The number of hydrogen-bond acceptors (Lipinski definition) is 1. The van der Waals surface area contributed by atoms with Crippen LogP contribution in [0.2, 0.25) is 0 Å². The van der Waals surface area contributed by atoms with E-state index in [2.05, 4.69) is 38.1 Å². The molecule has 19 heavy (non-hydrogen) atoms. The first kappa shape index (κ1) is 13.2. The summed E-state index contributed by atoms with van der Waals surface area (Å²) in [5.74, 6) is 1.48. The quantitative estimate of drug-likeness (QED) is 0.828. The Morgan fingerprint density at radius 3 is 2.16 bits per heavy atom. The molecule has 2 atom stereocenters. The number of hydrogen-bond donors (Lipinski definition) is 1. The van der Waals surface area contributed by atoms with Gasteiger partial charge in [0.1, 0.15) is 0 Å². The van der Waals surface area contributed by atoms with E-state index in [-0.39, 0.29) is 6.04 Å². The van der Waals surface area contributed by atoms with Gasteiger partial charge in [-0.05, 0) is 47.6 Å². The Hall–Kier alpha value is -0.820. The second-order valence-corrected chi connectivity index (χ2v) is 7.33. The molecule has 2 fully saturated rings. The van der Waals surface area contributed by atoms with Gasteiger partial charge in [-0.15, -0.1) is 0 Å². The largest absolute Gasteiger partial charge is 0.324 e. The van der Waals surface area contributed by atoms with E-state index in [4.69, 9.17) is 5.73 Å². The first-order chi connectivity index (χ1) is 9.08. The normalized spacial score (nSPS) is 28.1. The van der Waals surface area contributed by atoms with Crippen LogP contribution in [0.25, 0.3) is 0 Å². The summed E-state index contributed by atoms with van der Waals surface area (Å²) in [5, 5.41) is 0. The summed E-state index contributed by atoms with van der Waals surface area (Å²) in [7, 11) is 0. The smallest absolute Gasteiger partial charge is 0.0328 e. The summed E-state index contributed by atoms with van der Waals surface area (Å²) in [6.45, 7) is 4.65. The Morgan fingerprint density at radius 1 is 1.05 bits per heavy atom. The lowest BCUT2D eigenvalue weighted by Crippen LogP contribution is -2.15. The van der Waals surface area contributed by atoms with Crippen molar-refractivity contribution in [3.8, 4) is 0 Å². The molecule has 2 N–H and O–H groups in total. The van der Waals surface area contributed by atoms with E-state index < -0.39 is 0 Å². The van der Waals surface area contributed by atoms with Crippen LogP contribution in [0.15, 0.2) is 24.3 Å². The Labute approximate surface area is 117 Å². The van der Waals surface area contributed by atoms with E-state index in [9.17, 15) is 0 Å². The molecule has 0 amide bonds. The van der Waals surface area contributed by atoms with E-state index in [0.29, 0.717) is 11.3 Å². The number of nitrogens with two attached hydrogens (primary N) is 1. The molecular weight excluding hydrogens is 230 g/mol. The van der Waals surface area contributed by atoms with Crippen LogP contribution in [0, 0.1) is 11.3 Å². The van der Waals surface area contributed by atoms with Crippen LogP contribution in [0.5, 0.6) is 0 Å². The highest BCUT2D eigenvalue weighted by Gasteiger charge is 2.49. The van der Waals surface area contributed by atoms with Crippen molar-refractivity contribution in [1.82, 2.24) is 0 Å². The van der Waals surface area contributed by atoms with Crippen LogP contribution in [0.1, 0.15) is 75.5 Å². The highest BCUT2D eigenvalue weighted by molar-refractivity contribution is 5.29. The summed E-state index contributed by atoms with van der Waals surface area (Å²) >= 11 is 0. The highest BCUT2D eigenvalue weighted by atomic mass is 14.7. The van der Waals surface area contributed by atoms with Crippen molar-refractivity contribution in [3.05, 3.63) is 35.4 Å². The Kier molecular flexibility index (Phi) is 3.42. The van der Waals surface area contributed by atoms with E-state index >= 15 is 0 Å². The third kappa shape index (κ3) is 2.72. The molecule has 3 rings (SSSR count). The summed E-state index contributed by atoms with van der Waals surface area (Å²) in [4.78, 5) is 0. The van der Waals surface area contributed by atoms with Crippen molar-refractivity contribution in [2.45, 2.75) is 64.3 Å². The van der Waals surface area contributed by atoms with Crippen molar-refractivity contribution in [1.29, 1.82) is 0 Å². The minimum atomic E-state index is 0.232. The summed E-state index contributed by atoms with van der Waals surface area (Å²) < 4.78 is 0. The number of benzene rings is 1. The molecule has 1 aromatic rings. The molecule has 2 aliphatic rings.